The summed E-state index contributed by atoms with van der Waals surface area (Å²) in [5, 5.41) is 2.13. The normalized spacial score (nSPS) is 11.7. The average molecular weight is 255 g/mol. The van der Waals surface area contributed by atoms with Crippen LogP contribution in [0.25, 0.3) is 5.70 Å². The van der Waals surface area contributed by atoms with E-state index in [0.29, 0.717) is 11.4 Å². The van der Waals surface area contributed by atoms with Crippen LogP contribution in [0.1, 0.15) is 12.5 Å². The van der Waals surface area contributed by atoms with Crippen LogP contribution in [0.15, 0.2) is 30.8 Å². The molecule has 5 heteroatoms. The largest absolute Gasteiger partial charge is 0.325 e. The molecule has 1 amide bonds. The van der Waals surface area contributed by atoms with Crippen molar-refractivity contribution in [2.75, 3.05) is 12.4 Å². The quantitative estimate of drug-likeness (QED) is 0.627. The summed E-state index contributed by atoms with van der Waals surface area (Å²) in [6.45, 7) is 5.41. The van der Waals surface area contributed by atoms with Crippen LogP contribution in [0.4, 0.5) is 5.69 Å². The van der Waals surface area contributed by atoms with Gasteiger partial charge in [-0.1, -0.05) is 18.7 Å². The van der Waals surface area contributed by atoms with E-state index < -0.39 is 5.38 Å². The van der Waals surface area contributed by atoms with Crippen molar-refractivity contribution in [3.8, 4) is 0 Å². The van der Waals surface area contributed by atoms with Crippen LogP contribution in [0.5, 0.6) is 0 Å². The lowest BCUT2D eigenvalue weighted by atomic mass is 10.1. The summed E-state index contributed by atoms with van der Waals surface area (Å²) in [6, 6.07) is 7.23. The molecular formula is C12H15ClN2O2. The van der Waals surface area contributed by atoms with Gasteiger partial charge >= 0.3 is 0 Å². The van der Waals surface area contributed by atoms with Gasteiger partial charge in [0, 0.05) is 11.3 Å². The van der Waals surface area contributed by atoms with Gasteiger partial charge in [0.15, 0.2) is 0 Å². The topological polar surface area (TPSA) is 50.4 Å². The number of amides is 1. The van der Waals surface area contributed by atoms with Gasteiger partial charge in [-0.15, -0.1) is 11.6 Å². The SMILES string of the molecule is C=C(NOC)c1cccc(NC(=O)C(C)Cl)c1. The molecule has 1 atom stereocenters. The van der Waals surface area contributed by atoms with E-state index in [1.807, 2.05) is 12.1 Å². The fraction of sp³-hybridized carbons (Fsp3) is 0.250. The molecule has 0 radical (unpaired) electrons. The van der Waals surface area contributed by atoms with Crippen molar-refractivity contribution in [2.24, 2.45) is 0 Å². The molecule has 0 heterocycles. The molecule has 0 spiro atoms. The van der Waals surface area contributed by atoms with Gasteiger partial charge in [0.25, 0.3) is 0 Å². The molecule has 0 aliphatic rings. The molecular weight excluding hydrogens is 240 g/mol. The first-order chi connectivity index (χ1) is 8.04. The summed E-state index contributed by atoms with van der Waals surface area (Å²) < 4.78 is 0. The van der Waals surface area contributed by atoms with Crippen molar-refractivity contribution >= 4 is 28.9 Å². The lowest BCUT2D eigenvalue weighted by molar-refractivity contribution is -0.115. The Kier molecular flexibility index (Phi) is 5.00. The van der Waals surface area contributed by atoms with Gasteiger partial charge in [-0.05, 0) is 19.1 Å². The monoisotopic (exact) mass is 254 g/mol. The van der Waals surface area contributed by atoms with Crippen LogP contribution in [-0.2, 0) is 9.63 Å². The highest BCUT2D eigenvalue weighted by molar-refractivity contribution is 6.32. The molecule has 1 rings (SSSR count). The van der Waals surface area contributed by atoms with Crippen molar-refractivity contribution in [3.05, 3.63) is 36.4 Å². The minimum atomic E-state index is -0.570. The van der Waals surface area contributed by atoms with Crippen molar-refractivity contribution in [1.29, 1.82) is 0 Å². The Hall–Kier alpha value is -1.52. The van der Waals surface area contributed by atoms with Crippen LogP contribution in [0, 0.1) is 0 Å². The first kappa shape index (κ1) is 13.5. The van der Waals surface area contributed by atoms with Gasteiger partial charge in [0.2, 0.25) is 5.91 Å². The molecule has 0 saturated heterocycles. The summed E-state index contributed by atoms with van der Waals surface area (Å²) in [5.74, 6) is -0.242. The van der Waals surface area contributed by atoms with E-state index in [1.165, 1.54) is 7.11 Å². The highest BCUT2D eigenvalue weighted by atomic mass is 35.5. The van der Waals surface area contributed by atoms with Crippen LogP contribution in [0.3, 0.4) is 0 Å². The number of anilines is 1. The summed E-state index contributed by atoms with van der Waals surface area (Å²) in [4.78, 5) is 16.2. The molecule has 0 aliphatic carbocycles. The molecule has 1 aromatic carbocycles. The Labute approximate surface area is 106 Å². The van der Waals surface area contributed by atoms with Gasteiger partial charge in [-0.25, -0.2) is 0 Å². The van der Waals surface area contributed by atoms with Crippen molar-refractivity contribution in [1.82, 2.24) is 5.48 Å². The predicted octanol–water partition coefficient (Wildman–Crippen LogP) is 2.37. The lowest BCUT2D eigenvalue weighted by Crippen LogP contribution is -2.20. The number of carbonyl (C=O) groups is 1. The van der Waals surface area contributed by atoms with Gasteiger partial charge in [-0.3, -0.25) is 15.1 Å². The maximum Gasteiger partial charge on any atom is 0.242 e. The Balaban J connectivity index is 2.79. The molecule has 2 N–H and O–H groups in total. The second-order valence-corrected chi connectivity index (χ2v) is 4.13. The number of nitrogens with one attached hydrogen (secondary N) is 2. The number of alkyl halides is 1. The number of hydrogen-bond acceptors (Lipinski definition) is 3. The van der Waals surface area contributed by atoms with E-state index in [0.717, 1.165) is 5.56 Å². The van der Waals surface area contributed by atoms with Crippen LogP contribution in [-0.4, -0.2) is 18.4 Å². The first-order valence-corrected chi connectivity index (χ1v) is 5.51. The zero-order chi connectivity index (χ0) is 12.8. The molecule has 0 fully saturated rings. The van der Waals surface area contributed by atoms with Crippen LogP contribution in [0.2, 0.25) is 0 Å². The highest BCUT2D eigenvalue weighted by Gasteiger charge is 2.09. The standard InChI is InChI=1S/C12H15ClN2O2/c1-8(13)12(16)14-11-6-4-5-10(7-11)9(2)15-17-3/h4-8,15H,2H2,1,3H3,(H,14,16). The van der Waals surface area contributed by atoms with E-state index in [2.05, 4.69) is 17.4 Å². The third kappa shape index (κ3) is 4.09. The number of hydroxylamine groups is 1. The van der Waals surface area contributed by atoms with E-state index >= 15 is 0 Å². The van der Waals surface area contributed by atoms with Crippen LogP contribution >= 0.6 is 11.6 Å². The summed E-state index contributed by atoms with van der Waals surface area (Å²) in [7, 11) is 1.51. The minimum absolute atomic E-state index is 0.242. The predicted molar refractivity (Wildman–Crippen MR) is 69.6 cm³/mol. The van der Waals surface area contributed by atoms with Crippen molar-refractivity contribution in [3.63, 3.8) is 0 Å². The number of rotatable bonds is 5. The fourth-order valence-corrected chi connectivity index (χ4v) is 1.26. The van der Waals surface area contributed by atoms with E-state index in [4.69, 9.17) is 16.4 Å². The number of benzene rings is 1. The maximum atomic E-state index is 11.4. The second kappa shape index (κ2) is 6.27. The van der Waals surface area contributed by atoms with Gasteiger partial charge < -0.3 is 5.32 Å². The number of hydrogen-bond donors (Lipinski definition) is 2. The fourth-order valence-electron chi connectivity index (χ4n) is 1.21. The van der Waals surface area contributed by atoms with Crippen molar-refractivity contribution < 1.29 is 9.63 Å². The third-order valence-electron chi connectivity index (χ3n) is 2.07. The average Bonchev–Trinajstić information content (AvgIpc) is 2.29. The number of carbonyl (C=O) groups excluding carboxylic acids is 1. The molecule has 0 bridgehead atoms. The molecule has 1 unspecified atom stereocenters. The Bertz CT molecular complexity index is 419. The third-order valence-corrected chi connectivity index (χ3v) is 2.26. The molecule has 17 heavy (non-hydrogen) atoms. The maximum absolute atomic E-state index is 11.4. The molecule has 4 nitrogen and oxygen atoms in total. The second-order valence-electron chi connectivity index (χ2n) is 3.47. The molecule has 1 aromatic rings. The smallest absolute Gasteiger partial charge is 0.242 e. The van der Waals surface area contributed by atoms with E-state index in [-0.39, 0.29) is 5.91 Å². The zero-order valence-electron chi connectivity index (χ0n) is 9.79. The Morgan fingerprint density at radius 2 is 2.24 bits per heavy atom. The lowest BCUT2D eigenvalue weighted by Gasteiger charge is -2.10. The summed E-state index contributed by atoms with van der Waals surface area (Å²) >= 11 is 5.67. The first-order valence-electron chi connectivity index (χ1n) is 5.08. The highest BCUT2D eigenvalue weighted by Crippen LogP contribution is 2.16. The Morgan fingerprint density at radius 1 is 1.53 bits per heavy atom. The molecule has 0 aliphatic heterocycles. The van der Waals surface area contributed by atoms with E-state index in [9.17, 15) is 4.79 Å². The molecule has 0 saturated carbocycles. The summed E-state index contributed by atoms with van der Waals surface area (Å²) in [5.41, 5.74) is 4.74. The number of halogens is 1. The summed E-state index contributed by atoms with van der Waals surface area (Å²) in [6.07, 6.45) is 0. The van der Waals surface area contributed by atoms with Gasteiger partial charge in [-0.2, -0.15) is 0 Å². The van der Waals surface area contributed by atoms with Gasteiger partial charge in [0.1, 0.15) is 5.38 Å². The van der Waals surface area contributed by atoms with Gasteiger partial charge in [0.05, 0.1) is 12.8 Å². The minimum Gasteiger partial charge on any atom is -0.325 e. The molecule has 92 valence electrons. The van der Waals surface area contributed by atoms with Crippen molar-refractivity contribution in [2.45, 2.75) is 12.3 Å². The molecule has 0 aromatic heterocycles. The van der Waals surface area contributed by atoms with Crippen LogP contribution < -0.4 is 10.8 Å². The Morgan fingerprint density at radius 3 is 2.82 bits per heavy atom. The van der Waals surface area contributed by atoms with E-state index in [1.54, 1.807) is 19.1 Å². The zero-order valence-corrected chi connectivity index (χ0v) is 10.5.